The van der Waals surface area contributed by atoms with Crippen LogP contribution < -0.4 is 9.64 Å². The van der Waals surface area contributed by atoms with Gasteiger partial charge < -0.3 is 24.6 Å². The minimum Gasteiger partial charge on any atom is -0.484 e. The first kappa shape index (κ1) is 29.0. The van der Waals surface area contributed by atoms with Crippen molar-refractivity contribution in [3.8, 4) is 5.75 Å². The minimum absolute atomic E-state index is 0.00120. The van der Waals surface area contributed by atoms with Crippen molar-refractivity contribution in [2.45, 2.75) is 50.4 Å². The summed E-state index contributed by atoms with van der Waals surface area (Å²) in [5.41, 5.74) is 0. The summed E-state index contributed by atoms with van der Waals surface area (Å²) >= 11 is 1.63. The van der Waals surface area contributed by atoms with Crippen molar-refractivity contribution in [3.05, 3.63) is 29.5 Å². The van der Waals surface area contributed by atoms with Gasteiger partial charge in [-0.05, 0) is 31.9 Å². The number of carbonyl (C=O) groups is 2. The summed E-state index contributed by atoms with van der Waals surface area (Å²) in [6.45, 7) is 3.56. The van der Waals surface area contributed by atoms with Gasteiger partial charge in [0.15, 0.2) is 0 Å². The molecule has 0 radical (unpaired) electrons. The van der Waals surface area contributed by atoms with Crippen molar-refractivity contribution >= 4 is 28.4 Å². The number of anilines is 1. The van der Waals surface area contributed by atoms with Gasteiger partial charge in [0.2, 0.25) is 5.13 Å². The lowest BCUT2D eigenvalue weighted by molar-refractivity contribution is -0.193. The summed E-state index contributed by atoms with van der Waals surface area (Å²) in [4.78, 5) is 24.2. The molecule has 0 unspecified atom stereocenters. The number of alkyl halides is 6. The Morgan fingerprint density at radius 1 is 1.14 bits per heavy atom. The van der Waals surface area contributed by atoms with E-state index in [0.717, 1.165) is 41.9 Å². The number of halogens is 6. The fraction of sp³-hybridized carbons (Fsp3) is 0.526. The fourth-order valence-electron chi connectivity index (χ4n) is 3.23. The summed E-state index contributed by atoms with van der Waals surface area (Å²) in [6.07, 6.45) is -4.41. The van der Waals surface area contributed by atoms with Gasteiger partial charge in [-0.2, -0.15) is 26.3 Å². The van der Waals surface area contributed by atoms with E-state index in [1.54, 1.807) is 23.7 Å². The van der Waals surface area contributed by atoms with Crippen molar-refractivity contribution in [2.75, 3.05) is 18.1 Å². The number of carboxylic acids is 2. The highest BCUT2D eigenvalue weighted by molar-refractivity contribution is 7.15. The number of pyridine rings is 1. The molecular formula is C19H20F6N4O6S. The molecule has 3 atom stereocenters. The van der Waals surface area contributed by atoms with E-state index in [1.165, 1.54) is 0 Å². The van der Waals surface area contributed by atoms with Crippen LogP contribution in [0.5, 0.6) is 5.75 Å². The molecule has 200 valence electrons. The van der Waals surface area contributed by atoms with Crippen molar-refractivity contribution in [1.29, 1.82) is 0 Å². The first-order chi connectivity index (χ1) is 16.7. The largest absolute Gasteiger partial charge is 0.490 e. The van der Waals surface area contributed by atoms with Gasteiger partial charge in [-0.15, -0.1) is 10.2 Å². The highest BCUT2D eigenvalue weighted by atomic mass is 32.1. The van der Waals surface area contributed by atoms with Gasteiger partial charge in [0.25, 0.3) is 0 Å². The fourth-order valence-corrected chi connectivity index (χ4v) is 3.98. The van der Waals surface area contributed by atoms with Crippen LogP contribution in [0, 0.1) is 6.92 Å². The molecule has 10 nitrogen and oxygen atoms in total. The standard InChI is InChI=1S/C15H18N4O2S.2C2HF3O2/c1-10-17-18-15(22-10)19-9-13(14-12(19)5-3-7-20-14)21-11-4-2-6-16-8-11;2*3-2(4,5)1(6)7/h2,4,6,8,12-14H,3,5,7,9H2,1H3;2*(H,6,7)/t12-,13-,14+;;/m1../s1. The second-order valence-corrected chi connectivity index (χ2v) is 8.41. The van der Waals surface area contributed by atoms with Crippen LogP contribution in [0.2, 0.25) is 0 Å². The number of aryl methyl sites for hydroxylation is 1. The Bertz CT molecular complexity index is 982. The third-order valence-electron chi connectivity index (χ3n) is 4.65. The average Bonchev–Trinajstić information content (AvgIpc) is 3.38. The van der Waals surface area contributed by atoms with Gasteiger partial charge in [-0.25, -0.2) is 9.59 Å². The number of nitrogens with zero attached hydrogens (tertiary/aromatic N) is 4. The SMILES string of the molecule is Cc1nnc(N2C[C@@H](Oc3cccnc3)[C@H]3OCCC[C@H]32)s1.O=C(O)C(F)(F)F.O=C(O)C(F)(F)F. The third kappa shape index (κ3) is 8.47. The van der Waals surface area contributed by atoms with E-state index in [9.17, 15) is 26.3 Å². The van der Waals surface area contributed by atoms with Crippen LogP contribution >= 0.6 is 11.3 Å². The van der Waals surface area contributed by atoms with Crippen molar-refractivity contribution in [2.24, 2.45) is 0 Å². The van der Waals surface area contributed by atoms with Crippen molar-refractivity contribution in [1.82, 2.24) is 15.2 Å². The van der Waals surface area contributed by atoms with Gasteiger partial charge in [-0.3, -0.25) is 4.98 Å². The van der Waals surface area contributed by atoms with Crippen molar-refractivity contribution in [3.63, 3.8) is 0 Å². The second-order valence-electron chi connectivity index (χ2n) is 7.25. The molecule has 0 spiro atoms. The van der Waals surface area contributed by atoms with E-state index >= 15 is 0 Å². The van der Waals surface area contributed by atoms with Crippen LogP contribution in [-0.4, -0.2) is 81.1 Å². The highest BCUT2D eigenvalue weighted by Gasteiger charge is 2.46. The molecule has 0 aliphatic carbocycles. The highest BCUT2D eigenvalue weighted by Crippen LogP contribution is 2.36. The Morgan fingerprint density at radius 3 is 2.22 bits per heavy atom. The molecule has 0 saturated carbocycles. The lowest BCUT2D eigenvalue weighted by Crippen LogP contribution is -2.42. The average molecular weight is 546 g/mol. The Kier molecular flexibility index (Phi) is 9.80. The zero-order valence-corrected chi connectivity index (χ0v) is 19.2. The Morgan fingerprint density at radius 2 is 1.75 bits per heavy atom. The minimum atomic E-state index is -5.08. The first-order valence-electron chi connectivity index (χ1n) is 10.1. The molecule has 2 N–H and O–H groups in total. The number of hydrogen-bond acceptors (Lipinski definition) is 9. The van der Waals surface area contributed by atoms with Crippen LogP contribution in [0.4, 0.5) is 31.5 Å². The van der Waals surface area contributed by atoms with Gasteiger partial charge in [0, 0.05) is 12.8 Å². The van der Waals surface area contributed by atoms with Crippen LogP contribution in [0.25, 0.3) is 0 Å². The smallest absolute Gasteiger partial charge is 0.484 e. The van der Waals surface area contributed by atoms with Gasteiger partial charge >= 0.3 is 24.3 Å². The number of carboxylic acid groups (broad SMARTS) is 2. The number of aromatic nitrogens is 3. The number of rotatable bonds is 3. The molecule has 2 fully saturated rings. The lowest BCUT2D eigenvalue weighted by Gasteiger charge is -2.31. The van der Waals surface area contributed by atoms with Crippen LogP contribution in [0.3, 0.4) is 0 Å². The Balaban J connectivity index is 0.000000271. The van der Waals surface area contributed by atoms with Crippen LogP contribution in [0.1, 0.15) is 17.8 Å². The molecule has 4 rings (SSSR count). The summed E-state index contributed by atoms with van der Waals surface area (Å²) < 4.78 is 75.6. The summed E-state index contributed by atoms with van der Waals surface area (Å²) in [6, 6.07) is 4.14. The van der Waals surface area contributed by atoms with E-state index < -0.39 is 24.3 Å². The maximum absolute atomic E-state index is 10.6. The van der Waals surface area contributed by atoms with E-state index in [2.05, 4.69) is 20.1 Å². The van der Waals surface area contributed by atoms with Crippen LogP contribution in [0.15, 0.2) is 24.5 Å². The Labute approximate surface area is 203 Å². The molecule has 0 bridgehead atoms. The predicted octanol–water partition coefficient (Wildman–Crippen LogP) is 3.32. The molecule has 4 heterocycles. The molecule has 0 aromatic carbocycles. The van der Waals surface area contributed by atoms with Gasteiger partial charge in [0.1, 0.15) is 23.0 Å². The predicted molar refractivity (Wildman–Crippen MR) is 111 cm³/mol. The molecule has 17 heteroatoms. The Hall–Kier alpha value is -3.21. The summed E-state index contributed by atoms with van der Waals surface area (Å²) in [5, 5.41) is 24.6. The topological polar surface area (TPSA) is 135 Å². The van der Waals surface area contributed by atoms with Crippen molar-refractivity contribution < 1.29 is 55.6 Å². The molecular weight excluding hydrogens is 526 g/mol. The van der Waals surface area contributed by atoms with E-state index in [-0.39, 0.29) is 12.2 Å². The van der Waals surface area contributed by atoms with Crippen LogP contribution in [-0.2, 0) is 14.3 Å². The zero-order valence-electron chi connectivity index (χ0n) is 18.4. The normalized spacial score (nSPS) is 21.3. The number of ether oxygens (including phenoxy) is 2. The van der Waals surface area contributed by atoms with E-state index in [4.69, 9.17) is 29.3 Å². The second kappa shape index (κ2) is 12.2. The number of hydrogen-bond donors (Lipinski definition) is 2. The monoisotopic (exact) mass is 546 g/mol. The lowest BCUT2D eigenvalue weighted by atomic mass is 10.0. The van der Waals surface area contributed by atoms with Gasteiger partial charge in [-0.1, -0.05) is 11.3 Å². The maximum atomic E-state index is 10.6. The summed E-state index contributed by atoms with van der Waals surface area (Å²) in [5.74, 6) is -4.73. The van der Waals surface area contributed by atoms with E-state index in [1.807, 2.05) is 19.1 Å². The quantitative estimate of drug-likeness (QED) is 0.552. The number of aliphatic carboxylic acids is 2. The molecule has 2 aliphatic rings. The molecule has 2 saturated heterocycles. The zero-order chi connectivity index (χ0) is 27.1. The molecule has 36 heavy (non-hydrogen) atoms. The molecule has 2 aromatic rings. The number of fused-ring (bicyclic) bond motifs is 1. The van der Waals surface area contributed by atoms with E-state index in [0.29, 0.717) is 6.04 Å². The first-order valence-corrected chi connectivity index (χ1v) is 10.9. The third-order valence-corrected chi connectivity index (χ3v) is 5.52. The summed E-state index contributed by atoms with van der Waals surface area (Å²) in [7, 11) is 0. The molecule has 2 aromatic heterocycles. The maximum Gasteiger partial charge on any atom is 0.490 e. The molecule has 0 amide bonds. The molecule has 2 aliphatic heterocycles. The van der Waals surface area contributed by atoms with Gasteiger partial charge in [0.05, 0.1) is 18.8 Å².